The van der Waals surface area contributed by atoms with Crippen molar-refractivity contribution < 1.29 is 23.5 Å². The number of halogens is 2. The van der Waals surface area contributed by atoms with Gasteiger partial charge in [0, 0.05) is 31.1 Å². The molecular weight excluding hydrogens is 440 g/mol. The predicted molar refractivity (Wildman–Crippen MR) is 123 cm³/mol. The first kappa shape index (κ1) is 23.5. The lowest BCUT2D eigenvalue weighted by Gasteiger charge is -2.25. The Bertz CT molecular complexity index is 1150. The summed E-state index contributed by atoms with van der Waals surface area (Å²) in [5, 5.41) is 13.8. The number of nitrogens with two attached hydrogens (primary N) is 1. The molecule has 2 amide bonds. The Morgan fingerprint density at radius 2 is 1.47 bits per heavy atom. The summed E-state index contributed by atoms with van der Waals surface area (Å²) in [5.41, 5.74) is 8.15. The van der Waals surface area contributed by atoms with Crippen LogP contribution in [0.25, 0.3) is 0 Å². The molecule has 0 spiro atoms. The lowest BCUT2D eigenvalue weighted by molar-refractivity contribution is -0.127. The standard InChI is InChI=1S/C26H25F2N3O3/c27-20-9-3-17(4-10-20)14-30-25(33)23-24(32)22(18-7-11-21(28)12-8-18)15-31(23)26(34)19-5-1-16(13-29)2-6-19/h1-12,22-24,32H,13-15,29H2,(H,30,33)/t22-,23+,24-/m1/s1. The largest absolute Gasteiger partial charge is 0.390 e. The zero-order valence-electron chi connectivity index (χ0n) is 18.3. The highest BCUT2D eigenvalue weighted by Gasteiger charge is 2.47. The molecule has 1 fully saturated rings. The average molecular weight is 466 g/mol. The number of rotatable bonds is 6. The summed E-state index contributed by atoms with van der Waals surface area (Å²) in [6.45, 7) is 0.521. The minimum absolute atomic E-state index is 0.0822. The van der Waals surface area contributed by atoms with E-state index in [4.69, 9.17) is 5.73 Å². The molecule has 4 rings (SSSR count). The van der Waals surface area contributed by atoms with E-state index in [1.54, 1.807) is 48.5 Å². The van der Waals surface area contributed by atoms with Crippen LogP contribution in [0.5, 0.6) is 0 Å². The molecule has 3 atom stereocenters. The van der Waals surface area contributed by atoms with Gasteiger partial charge in [0.2, 0.25) is 5.91 Å². The molecule has 1 aliphatic rings. The number of aliphatic hydroxyl groups is 1. The van der Waals surface area contributed by atoms with Gasteiger partial charge in [-0.25, -0.2) is 8.78 Å². The van der Waals surface area contributed by atoms with Crippen LogP contribution >= 0.6 is 0 Å². The number of carbonyl (C=O) groups is 2. The molecule has 3 aromatic rings. The third kappa shape index (κ3) is 4.98. The first-order valence-electron chi connectivity index (χ1n) is 10.9. The summed E-state index contributed by atoms with van der Waals surface area (Å²) in [6.07, 6.45) is -1.20. The highest BCUT2D eigenvalue weighted by Crippen LogP contribution is 2.34. The molecule has 34 heavy (non-hydrogen) atoms. The molecule has 0 aromatic heterocycles. The number of amides is 2. The van der Waals surface area contributed by atoms with Crippen molar-refractivity contribution >= 4 is 11.8 Å². The second-order valence-electron chi connectivity index (χ2n) is 8.30. The van der Waals surface area contributed by atoms with E-state index >= 15 is 0 Å². The van der Waals surface area contributed by atoms with Crippen molar-refractivity contribution in [2.45, 2.75) is 31.2 Å². The van der Waals surface area contributed by atoms with Crippen molar-refractivity contribution in [1.82, 2.24) is 10.2 Å². The number of aliphatic hydroxyl groups excluding tert-OH is 1. The van der Waals surface area contributed by atoms with Gasteiger partial charge < -0.3 is 21.1 Å². The first-order chi connectivity index (χ1) is 16.4. The SMILES string of the molecule is NCc1ccc(C(=O)N2C[C@H](c3ccc(F)cc3)[C@@H](O)[C@H]2C(=O)NCc2ccc(F)cc2)cc1. The Morgan fingerprint density at radius 3 is 2.06 bits per heavy atom. The maximum absolute atomic E-state index is 13.4. The van der Waals surface area contributed by atoms with Gasteiger partial charge in [0.25, 0.3) is 5.91 Å². The van der Waals surface area contributed by atoms with Crippen LogP contribution in [-0.2, 0) is 17.9 Å². The van der Waals surface area contributed by atoms with Crippen LogP contribution in [0.4, 0.5) is 8.78 Å². The first-order valence-corrected chi connectivity index (χ1v) is 10.9. The Kier molecular flexibility index (Phi) is 7.00. The minimum Gasteiger partial charge on any atom is -0.390 e. The van der Waals surface area contributed by atoms with Gasteiger partial charge in [-0.15, -0.1) is 0 Å². The van der Waals surface area contributed by atoms with Crippen LogP contribution in [0.2, 0.25) is 0 Å². The van der Waals surface area contributed by atoms with Crippen LogP contribution < -0.4 is 11.1 Å². The van der Waals surface area contributed by atoms with Gasteiger partial charge in [-0.3, -0.25) is 9.59 Å². The maximum atomic E-state index is 13.4. The van der Waals surface area contributed by atoms with Gasteiger partial charge in [0.1, 0.15) is 17.7 Å². The average Bonchev–Trinajstić information content (AvgIpc) is 3.20. The van der Waals surface area contributed by atoms with E-state index in [0.29, 0.717) is 23.2 Å². The van der Waals surface area contributed by atoms with Gasteiger partial charge in [-0.05, 0) is 53.1 Å². The lowest BCUT2D eigenvalue weighted by atomic mass is 9.93. The number of hydrogen-bond acceptors (Lipinski definition) is 4. The molecule has 3 aromatic carbocycles. The van der Waals surface area contributed by atoms with Crippen molar-refractivity contribution in [1.29, 1.82) is 0 Å². The van der Waals surface area contributed by atoms with E-state index in [-0.39, 0.29) is 18.9 Å². The number of hydrogen-bond donors (Lipinski definition) is 3. The van der Waals surface area contributed by atoms with Crippen LogP contribution in [0.1, 0.15) is 33.0 Å². The summed E-state index contributed by atoms with van der Waals surface area (Å²) in [5.74, 6) is -2.32. The van der Waals surface area contributed by atoms with Crippen molar-refractivity contribution in [3.63, 3.8) is 0 Å². The monoisotopic (exact) mass is 465 g/mol. The molecule has 4 N–H and O–H groups in total. The zero-order chi connectivity index (χ0) is 24.2. The highest BCUT2D eigenvalue weighted by atomic mass is 19.1. The second-order valence-corrected chi connectivity index (χ2v) is 8.30. The number of nitrogens with zero attached hydrogens (tertiary/aromatic N) is 1. The summed E-state index contributed by atoms with van der Waals surface area (Å²) in [4.78, 5) is 27.9. The Labute approximate surface area is 196 Å². The summed E-state index contributed by atoms with van der Waals surface area (Å²) in [6, 6.07) is 16.9. The summed E-state index contributed by atoms with van der Waals surface area (Å²) >= 11 is 0. The fraction of sp³-hybridized carbons (Fsp3) is 0.231. The van der Waals surface area contributed by atoms with E-state index in [2.05, 4.69) is 5.32 Å². The van der Waals surface area contributed by atoms with Gasteiger partial charge in [-0.1, -0.05) is 36.4 Å². The smallest absolute Gasteiger partial charge is 0.254 e. The molecule has 176 valence electrons. The van der Waals surface area contributed by atoms with Crippen LogP contribution in [0.15, 0.2) is 72.8 Å². The molecule has 6 nitrogen and oxygen atoms in total. The lowest BCUT2D eigenvalue weighted by Crippen LogP contribution is -2.50. The molecule has 8 heteroatoms. The number of carbonyl (C=O) groups excluding carboxylic acids is 2. The van der Waals surface area contributed by atoms with E-state index in [0.717, 1.165) is 5.56 Å². The van der Waals surface area contributed by atoms with Gasteiger partial charge >= 0.3 is 0 Å². The predicted octanol–water partition coefficient (Wildman–Crippen LogP) is 2.71. The Balaban J connectivity index is 1.59. The zero-order valence-corrected chi connectivity index (χ0v) is 18.3. The number of likely N-dealkylation sites (tertiary alicyclic amines) is 1. The van der Waals surface area contributed by atoms with Crippen molar-refractivity contribution in [3.8, 4) is 0 Å². The van der Waals surface area contributed by atoms with Gasteiger partial charge in [0.15, 0.2) is 0 Å². The molecule has 1 heterocycles. The fourth-order valence-electron chi connectivity index (χ4n) is 4.20. The Hall–Kier alpha value is -3.62. The molecule has 0 unspecified atom stereocenters. The van der Waals surface area contributed by atoms with Gasteiger partial charge in [-0.2, -0.15) is 0 Å². The molecule has 0 aliphatic carbocycles. The molecule has 0 saturated carbocycles. The molecule has 0 bridgehead atoms. The normalized spacial score (nSPS) is 19.8. The number of nitrogens with one attached hydrogen (secondary N) is 1. The van der Waals surface area contributed by atoms with Crippen molar-refractivity contribution in [2.75, 3.05) is 6.54 Å². The molecular formula is C26H25F2N3O3. The van der Waals surface area contributed by atoms with Crippen LogP contribution in [-0.4, -0.2) is 40.5 Å². The quantitative estimate of drug-likeness (QED) is 0.522. The third-order valence-corrected chi connectivity index (χ3v) is 6.11. The summed E-state index contributed by atoms with van der Waals surface area (Å²) < 4.78 is 26.6. The third-order valence-electron chi connectivity index (χ3n) is 6.11. The van der Waals surface area contributed by atoms with E-state index in [1.165, 1.54) is 29.2 Å². The molecule has 1 saturated heterocycles. The topological polar surface area (TPSA) is 95.7 Å². The van der Waals surface area contributed by atoms with E-state index in [9.17, 15) is 23.5 Å². The Morgan fingerprint density at radius 1 is 0.912 bits per heavy atom. The molecule has 0 radical (unpaired) electrons. The van der Waals surface area contributed by atoms with Gasteiger partial charge in [0.05, 0.1) is 6.10 Å². The van der Waals surface area contributed by atoms with E-state index in [1.807, 2.05) is 0 Å². The van der Waals surface area contributed by atoms with Crippen molar-refractivity contribution in [2.24, 2.45) is 5.73 Å². The van der Waals surface area contributed by atoms with E-state index < -0.39 is 35.7 Å². The van der Waals surface area contributed by atoms with Crippen molar-refractivity contribution in [3.05, 3.63) is 107 Å². The van der Waals surface area contributed by atoms with Crippen LogP contribution in [0.3, 0.4) is 0 Å². The highest BCUT2D eigenvalue weighted by molar-refractivity contribution is 5.98. The number of benzene rings is 3. The maximum Gasteiger partial charge on any atom is 0.254 e. The van der Waals surface area contributed by atoms with Crippen LogP contribution in [0, 0.1) is 11.6 Å². The summed E-state index contributed by atoms with van der Waals surface area (Å²) in [7, 11) is 0. The molecule has 1 aliphatic heterocycles. The second kappa shape index (κ2) is 10.1. The fourth-order valence-corrected chi connectivity index (χ4v) is 4.20. The minimum atomic E-state index is -1.20.